The Morgan fingerprint density at radius 3 is 2.71 bits per heavy atom. The van der Waals surface area contributed by atoms with Crippen LogP contribution < -0.4 is 5.56 Å². The molecule has 8 nitrogen and oxygen atoms in total. The van der Waals surface area contributed by atoms with Gasteiger partial charge in [0.15, 0.2) is 0 Å². The molecule has 0 unspecified atom stereocenters. The molecule has 0 spiro atoms. The van der Waals surface area contributed by atoms with Crippen LogP contribution in [0.4, 0.5) is 0 Å². The summed E-state index contributed by atoms with van der Waals surface area (Å²) in [4.78, 5) is 35.7. The summed E-state index contributed by atoms with van der Waals surface area (Å²) in [6.07, 6.45) is 5.54. The number of ether oxygens (including phenoxy) is 1. The number of pyridine rings is 1. The van der Waals surface area contributed by atoms with Gasteiger partial charge < -0.3 is 14.4 Å². The number of nitrogens with zero attached hydrogens (tertiary/aromatic N) is 4. The summed E-state index contributed by atoms with van der Waals surface area (Å²) >= 11 is 0. The van der Waals surface area contributed by atoms with E-state index >= 15 is 0 Å². The zero-order valence-electron chi connectivity index (χ0n) is 16.0. The van der Waals surface area contributed by atoms with Crippen LogP contribution in [0.15, 0.2) is 35.6 Å². The average molecular weight is 384 g/mol. The minimum Gasteiger partial charge on any atom is -0.468 e. The molecule has 2 aliphatic rings. The quantitative estimate of drug-likeness (QED) is 0.763. The van der Waals surface area contributed by atoms with Crippen LogP contribution in [0.3, 0.4) is 0 Å². The Balaban J connectivity index is 1.79. The molecule has 2 aromatic rings. The summed E-state index contributed by atoms with van der Waals surface area (Å²) in [5, 5.41) is 10.1. The lowest BCUT2D eigenvalue weighted by atomic mass is 9.88. The van der Waals surface area contributed by atoms with Crippen molar-refractivity contribution in [2.24, 2.45) is 11.8 Å². The number of hydrogen-bond donors (Lipinski definition) is 1. The number of likely N-dealkylation sites (tertiary alicyclic amines) is 1. The number of aliphatic hydroxyl groups is 1. The number of carbonyl (C=O) groups excluding carboxylic acids is 1. The van der Waals surface area contributed by atoms with Crippen molar-refractivity contribution in [1.82, 2.24) is 19.4 Å². The van der Waals surface area contributed by atoms with Crippen molar-refractivity contribution in [3.8, 4) is 11.1 Å². The molecular weight excluding hydrogens is 360 g/mol. The maximum absolute atomic E-state index is 13.2. The summed E-state index contributed by atoms with van der Waals surface area (Å²) in [6, 6.07) is 3.18. The molecule has 2 aromatic heterocycles. The standard InChI is InChI=1S/C20H24N4O4/c1-3-6-23-17-14(15(10-25)18(23)20(27)28-2)9-24-16(17)5-4-13(19(24)26)12-7-21-11-22-8-12/h4-5,7-8,11,14-15,17-18,25H,3,6,9-10H2,1-2H3/t14-,15-,17+,18-/m0/s1. The Morgan fingerprint density at radius 2 is 2.07 bits per heavy atom. The zero-order valence-corrected chi connectivity index (χ0v) is 16.0. The number of aliphatic hydroxyl groups excluding tert-OH is 1. The van der Waals surface area contributed by atoms with Crippen molar-refractivity contribution in [1.29, 1.82) is 0 Å². The van der Waals surface area contributed by atoms with Crippen molar-refractivity contribution in [3.05, 3.63) is 46.9 Å². The monoisotopic (exact) mass is 384 g/mol. The molecule has 148 valence electrons. The third-order valence-corrected chi connectivity index (χ3v) is 5.99. The highest BCUT2D eigenvalue weighted by Crippen LogP contribution is 2.49. The molecule has 1 N–H and O–H groups in total. The smallest absolute Gasteiger partial charge is 0.323 e. The summed E-state index contributed by atoms with van der Waals surface area (Å²) in [6.45, 7) is 3.10. The molecule has 0 radical (unpaired) electrons. The lowest BCUT2D eigenvalue weighted by Gasteiger charge is -2.29. The van der Waals surface area contributed by atoms with Gasteiger partial charge in [-0.15, -0.1) is 0 Å². The van der Waals surface area contributed by atoms with Gasteiger partial charge >= 0.3 is 5.97 Å². The number of rotatable bonds is 5. The van der Waals surface area contributed by atoms with Crippen molar-refractivity contribution in [3.63, 3.8) is 0 Å². The molecule has 1 fully saturated rings. The Bertz CT molecular complexity index is 930. The second-order valence-electron chi connectivity index (χ2n) is 7.38. The van der Waals surface area contributed by atoms with Gasteiger partial charge in [-0.1, -0.05) is 6.92 Å². The molecule has 0 saturated carbocycles. The van der Waals surface area contributed by atoms with Gasteiger partial charge in [0.05, 0.1) is 18.7 Å². The van der Waals surface area contributed by atoms with Gasteiger partial charge in [0.25, 0.3) is 5.56 Å². The Kier molecular flexibility index (Phi) is 4.99. The highest BCUT2D eigenvalue weighted by atomic mass is 16.5. The minimum absolute atomic E-state index is 0.0179. The number of carbonyl (C=O) groups is 1. The molecular formula is C20H24N4O4. The third-order valence-electron chi connectivity index (χ3n) is 5.99. The van der Waals surface area contributed by atoms with Gasteiger partial charge in [-0.2, -0.15) is 0 Å². The normalized spacial score (nSPS) is 26.1. The van der Waals surface area contributed by atoms with E-state index < -0.39 is 6.04 Å². The fourth-order valence-electron chi connectivity index (χ4n) is 4.87. The minimum atomic E-state index is -0.490. The van der Waals surface area contributed by atoms with Crippen LogP contribution in [-0.4, -0.2) is 56.8 Å². The van der Waals surface area contributed by atoms with Crippen LogP contribution in [0.5, 0.6) is 0 Å². The molecule has 8 heteroatoms. The van der Waals surface area contributed by atoms with Crippen LogP contribution in [0.1, 0.15) is 25.1 Å². The third kappa shape index (κ3) is 2.75. The first-order valence-corrected chi connectivity index (χ1v) is 9.55. The predicted octanol–water partition coefficient (Wildman–Crippen LogP) is 0.852. The van der Waals surface area contributed by atoms with Crippen LogP contribution in [0.25, 0.3) is 11.1 Å². The molecule has 4 atom stereocenters. The molecule has 0 aliphatic carbocycles. The van der Waals surface area contributed by atoms with E-state index in [2.05, 4.69) is 21.8 Å². The second kappa shape index (κ2) is 7.44. The molecule has 4 rings (SSSR count). The molecule has 28 heavy (non-hydrogen) atoms. The van der Waals surface area contributed by atoms with Crippen LogP contribution in [0.2, 0.25) is 0 Å². The maximum Gasteiger partial charge on any atom is 0.323 e. The van der Waals surface area contributed by atoms with E-state index in [4.69, 9.17) is 4.74 Å². The first-order valence-electron chi connectivity index (χ1n) is 9.55. The lowest BCUT2D eigenvalue weighted by molar-refractivity contribution is -0.148. The van der Waals surface area contributed by atoms with E-state index in [1.165, 1.54) is 13.4 Å². The van der Waals surface area contributed by atoms with Crippen molar-refractivity contribution >= 4 is 5.97 Å². The first-order chi connectivity index (χ1) is 13.6. The zero-order chi connectivity index (χ0) is 19.8. The number of methoxy groups -OCH3 is 1. The first kappa shape index (κ1) is 18.8. The molecule has 1 saturated heterocycles. The van der Waals surface area contributed by atoms with E-state index in [1.54, 1.807) is 23.0 Å². The summed E-state index contributed by atoms with van der Waals surface area (Å²) in [5.74, 6) is -0.615. The number of hydrogen-bond acceptors (Lipinski definition) is 7. The van der Waals surface area contributed by atoms with E-state index in [9.17, 15) is 14.7 Å². The largest absolute Gasteiger partial charge is 0.468 e. The fraction of sp³-hybridized carbons (Fsp3) is 0.500. The van der Waals surface area contributed by atoms with Gasteiger partial charge in [-0.05, 0) is 25.1 Å². The highest BCUT2D eigenvalue weighted by molar-refractivity contribution is 5.77. The fourth-order valence-corrected chi connectivity index (χ4v) is 4.87. The SMILES string of the molecule is CCCN1[C@H](C(=O)OC)[C@@H](CO)[C@@H]2Cn3c(ccc(-c4cncnc4)c3=O)[C@@H]21. The maximum atomic E-state index is 13.2. The predicted molar refractivity (Wildman–Crippen MR) is 101 cm³/mol. The van der Waals surface area contributed by atoms with Crippen LogP contribution in [-0.2, 0) is 16.1 Å². The van der Waals surface area contributed by atoms with Gasteiger partial charge in [0.2, 0.25) is 0 Å². The highest BCUT2D eigenvalue weighted by Gasteiger charge is 2.55. The van der Waals surface area contributed by atoms with E-state index in [1.807, 2.05) is 6.07 Å². The summed E-state index contributed by atoms with van der Waals surface area (Å²) in [5.41, 5.74) is 2.02. The second-order valence-corrected chi connectivity index (χ2v) is 7.38. The topological polar surface area (TPSA) is 97.6 Å². The Hall–Kier alpha value is -2.58. The van der Waals surface area contributed by atoms with Gasteiger partial charge in [-0.3, -0.25) is 14.5 Å². The summed E-state index contributed by atoms with van der Waals surface area (Å²) in [7, 11) is 1.38. The van der Waals surface area contributed by atoms with E-state index in [0.29, 0.717) is 24.2 Å². The van der Waals surface area contributed by atoms with Gasteiger partial charge in [0, 0.05) is 48.6 Å². The summed E-state index contributed by atoms with van der Waals surface area (Å²) < 4.78 is 6.80. The molecule has 0 amide bonds. The van der Waals surface area contributed by atoms with E-state index in [-0.39, 0.29) is 36.0 Å². The molecule has 0 aromatic carbocycles. The van der Waals surface area contributed by atoms with Crippen molar-refractivity contribution in [2.75, 3.05) is 20.3 Å². The van der Waals surface area contributed by atoms with Crippen LogP contribution >= 0.6 is 0 Å². The lowest BCUT2D eigenvalue weighted by Crippen LogP contribution is -2.43. The molecule has 2 aliphatic heterocycles. The number of aromatic nitrogens is 3. The number of esters is 1. The van der Waals surface area contributed by atoms with Gasteiger partial charge in [0.1, 0.15) is 12.4 Å². The Morgan fingerprint density at radius 1 is 1.32 bits per heavy atom. The van der Waals surface area contributed by atoms with Crippen molar-refractivity contribution < 1.29 is 14.6 Å². The average Bonchev–Trinajstić information content (AvgIpc) is 3.24. The molecule has 4 heterocycles. The van der Waals surface area contributed by atoms with Crippen molar-refractivity contribution in [2.45, 2.75) is 32.0 Å². The van der Waals surface area contributed by atoms with E-state index in [0.717, 1.165) is 12.1 Å². The van der Waals surface area contributed by atoms with Gasteiger partial charge in [-0.25, -0.2) is 9.97 Å². The molecule has 0 bridgehead atoms. The Labute approximate surface area is 162 Å². The van der Waals surface area contributed by atoms with Crippen LogP contribution in [0, 0.1) is 11.8 Å². The number of fused-ring (bicyclic) bond motifs is 3.